The minimum atomic E-state index is -1.07. The number of benzene rings is 1. The third-order valence-electron chi connectivity index (χ3n) is 5.94. The summed E-state index contributed by atoms with van der Waals surface area (Å²) in [5, 5.41) is 25.4. The molecular weight excluding hydrogens is 588 g/mol. The number of carbonyl (C=O) groups is 4. The molecule has 0 amide bonds. The van der Waals surface area contributed by atoms with Crippen molar-refractivity contribution in [3.63, 3.8) is 0 Å². The largest absolute Gasteiger partial charge is 0.478 e. The summed E-state index contributed by atoms with van der Waals surface area (Å²) in [5.74, 6) is -2.28. The molecule has 0 fully saturated rings. The van der Waals surface area contributed by atoms with Gasteiger partial charge in [0.2, 0.25) is 0 Å². The van der Waals surface area contributed by atoms with Gasteiger partial charge in [-0.25, -0.2) is 19.2 Å². The lowest BCUT2D eigenvalue weighted by atomic mass is 9.92. The van der Waals surface area contributed by atoms with E-state index in [9.17, 15) is 19.2 Å². The molecule has 3 N–H and O–H groups in total. The number of ether oxygens (including phenoxy) is 2. The van der Waals surface area contributed by atoms with E-state index in [0.29, 0.717) is 36.5 Å². The maximum Gasteiger partial charge on any atom is 0.333 e. The van der Waals surface area contributed by atoms with Crippen LogP contribution in [0.3, 0.4) is 0 Å². The molecule has 0 radical (unpaired) electrons. The second-order valence-corrected chi connectivity index (χ2v) is 10.2. The highest BCUT2D eigenvalue weighted by atomic mass is 16.5. The van der Waals surface area contributed by atoms with Gasteiger partial charge in [-0.15, -0.1) is 0 Å². The van der Waals surface area contributed by atoms with Crippen molar-refractivity contribution in [2.45, 2.75) is 85.5 Å². The number of carboxylic acid groups (broad SMARTS) is 2. The number of aliphatic hydroxyl groups is 1. The highest BCUT2D eigenvalue weighted by Crippen LogP contribution is 2.20. The molecule has 1 aromatic rings. The second-order valence-electron chi connectivity index (χ2n) is 10.2. The molecule has 0 aliphatic rings. The molecule has 9 heteroatoms. The van der Waals surface area contributed by atoms with Gasteiger partial charge in [0.15, 0.2) is 0 Å². The Bertz CT molecular complexity index is 1070. The van der Waals surface area contributed by atoms with Crippen LogP contribution in [0.1, 0.15) is 91.0 Å². The number of allylic oxidation sites excluding steroid dienone is 1. The molecule has 1 aromatic carbocycles. The van der Waals surface area contributed by atoms with Crippen LogP contribution in [0.4, 0.5) is 0 Å². The molecule has 0 heterocycles. The summed E-state index contributed by atoms with van der Waals surface area (Å²) in [7, 11) is 0. The molecule has 1 rings (SSSR count). The van der Waals surface area contributed by atoms with Crippen molar-refractivity contribution in [1.82, 2.24) is 0 Å². The Morgan fingerprint density at radius 2 is 1.41 bits per heavy atom. The summed E-state index contributed by atoms with van der Waals surface area (Å²) >= 11 is 0. The highest BCUT2D eigenvalue weighted by molar-refractivity contribution is 5.88. The van der Waals surface area contributed by atoms with Crippen molar-refractivity contribution < 1.29 is 44.0 Å². The standard InChI is InChI=1S/C11H20O2.C10H14O5.C8H14O2.C8H8/c1-4-6-7-10(5-2)8-9(3)11(12)13;1-8(4-2-5-9(12)13)10(14)15-7-3-6-11;1-4-5-6-10-8(9)7(2)3;1-2-8-6-4-3-5-7-8/h10H,3-8H2,1-2H3,(H,12,13);2,5,11H,1,3-4,6-7H2,(H,12,13);2,4-6H2,1,3H3;2-7H,1H2. The molecular formula is C37H56O9. The van der Waals surface area contributed by atoms with E-state index in [1.54, 1.807) is 6.92 Å². The van der Waals surface area contributed by atoms with E-state index in [2.05, 4.69) is 47.1 Å². The van der Waals surface area contributed by atoms with Crippen LogP contribution < -0.4 is 0 Å². The molecule has 1 atom stereocenters. The Hall–Kier alpha value is -4.24. The van der Waals surface area contributed by atoms with Crippen LogP contribution in [0, 0.1) is 5.92 Å². The van der Waals surface area contributed by atoms with Gasteiger partial charge in [0.05, 0.1) is 13.2 Å². The lowest BCUT2D eigenvalue weighted by molar-refractivity contribution is -0.140. The number of carbonyl (C=O) groups excluding carboxylic acids is 2. The molecule has 0 aliphatic heterocycles. The molecule has 9 nitrogen and oxygen atoms in total. The summed E-state index contributed by atoms with van der Waals surface area (Å²) in [6.45, 7) is 22.7. The normalized spacial score (nSPS) is 10.3. The van der Waals surface area contributed by atoms with E-state index in [0.717, 1.165) is 31.8 Å². The van der Waals surface area contributed by atoms with Gasteiger partial charge >= 0.3 is 23.9 Å². The number of unbranched alkanes of at least 4 members (excludes halogenated alkanes) is 2. The number of rotatable bonds is 19. The molecule has 0 aliphatic carbocycles. The molecule has 0 spiro atoms. The van der Waals surface area contributed by atoms with E-state index in [1.807, 2.05) is 36.4 Å². The summed E-state index contributed by atoms with van der Waals surface area (Å²) in [6, 6.07) is 10.0. The SMILES string of the molecule is C=C(C)C(=O)OCCCC.C=C(CC(CC)CCCC)C(=O)O.C=C(CC=CC(=O)O)C(=O)OCCCO.C=Cc1ccccc1. The first-order valence-electron chi connectivity index (χ1n) is 15.6. The Morgan fingerprint density at radius 3 is 1.85 bits per heavy atom. The van der Waals surface area contributed by atoms with Gasteiger partial charge in [0.1, 0.15) is 0 Å². The van der Waals surface area contributed by atoms with Crippen molar-refractivity contribution in [2.24, 2.45) is 5.92 Å². The zero-order valence-electron chi connectivity index (χ0n) is 28.3. The number of carboxylic acids is 2. The predicted octanol–water partition coefficient (Wildman–Crippen LogP) is 7.97. The monoisotopic (exact) mass is 644 g/mol. The maximum atomic E-state index is 11.1. The maximum absolute atomic E-state index is 11.1. The van der Waals surface area contributed by atoms with Gasteiger partial charge in [-0.3, -0.25) is 0 Å². The smallest absolute Gasteiger partial charge is 0.333 e. The van der Waals surface area contributed by atoms with Gasteiger partial charge in [0.25, 0.3) is 0 Å². The van der Waals surface area contributed by atoms with E-state index in [4.69, 9.17) is 24.8 Å². The quantitative estimate of drug-likeness (QED) is 0.0775. The number of esters is 2. The predicted molar refractivity (Wildman–Crippen MR) is 185 cm³/mol. The minimum Gasteiger partial charge on any atom is -0.478 e. The summed E-state index contributed by atoms with van der Waals surface area (Å²) in [5.41, 5.74) is 2.18. The molecule has 258 valence electrons. The van der Waals surface area contributed by atoms with E-state index in [1.165, 1.54) is 24.5 Å². The fraction of sp³-hybridized carbons (Fsp3) is 0.459. The zero-order valence-corrected chi connectivity index (χ0v) is 28.3. The first-order valence-corrected chi connectivity index (χ1v) is 15.6. The highest BCUT2D eigenvalue weighted by Gasteiger charge is 2.11. The van der Waals surface area contributed by atoms with E-state index < -0.39 is 17.9 Å². The molecule has 0 saturated carbocycles. The number of hydrogen-bond donors (Lipinski definition) is 3. The van der Waals surface area contributed by atoms with Crippen LogP contribution in [0.2, 0.25) is 0 Å². The number of hydrogen-bond acceptors (Lipinski definition) is 7. The average molecular weight is 645 g/mol. The molecule has 1 unspecified atom stereocenters. The second kappa shape index (κ2) is 32.2. The van der Waals surface area contributed by atoms with Gasteiger partial charge < -0.3 is 24.8 Å². The molecule has 46 heavy (non-hydrogen) atoms. The van der Waals surface area contributed by atoms with Crippen molar-refractivity contribution >= 4 is 30.0 Å². The minimum absolute atomic E-state index is 0.0430. The Labute approximate surface area is 276 Å². The van der Waals surface area contributed by atoms with Crippen LogP contribution in [-0.4, -0.2) is 59.0 Å². The molecule has 0 aromatic heterocycles. The van der Waals surface area contributed by atoms with Gasteiger partial charge in [-0.2, -0.15) is 0 Å². The third-order valence-corrected chi connectivity index (χ3v) is 5.94. The summed E-state index contributed by atoms with van der Waals surface area (Å²) < 4.78 is 9.53. The lowest BCUT2D eigenvalue weighted by Gasteiger charge is -2.13. The van der Waals surface area contributed by atoms with Crippen LogP contribution in [0.5, 0.6) is 0 Å². The first kappa shape index (κ1) is 46.2. The van der Waals surface area contributed by atoms with Gasteiger partial charge in [0, 0.05) is 35.8 Å². The zero-order chi connectivity index (χ0) is 35.8. The first-order chi connectivity index (χ1) is 21.8. The Morgan fingerprint density at radius 1 is 0.848 bits per heavy atom. The van der Waals surface area contributed by atoms with Crippen LogP contribution in [0.25, 0.3) is 6.08 Å². The lowest BCUT2D eigenvalue weighted by Crippen LogP contribution is -2.08. The summed E-state index contributed by atoms with van der Waals surface area (Å²) in [4.78, 5) is 42.4. The van der Waals surface area contributed by atoms with Crippen molar-refractivity contribution in [2.75, 3.05) is 19.8 Å². The Kier molecular flexibility index (Phi) is 32.3. The fourth-order valence-electron chi connectivity index (χ4n) is 3.12. The van der Waals surface area contributed by atoms with Gasteiger partial charge in [-0.05, 0) is 37.7 Å². The topological polar surface area (TPSA) is 147 Å². The van der Waals surface area contributed by atoms with Crippen LogP contribution in [0.15, 0.2) is 85.5 Å². The third kappa shape index (κ3) is 31.2. The average Bonchev–Trinajstić information content (AvgIpc) is 3.04. The van der Waals surface area contributed by atoms with Crippen LogP contribution >= 0.6 is 0 Å². The number of aliphatic carboxylic acids is 2. The summed E-state index contributed by atoms with van der Waals surface area (Å²) in [6.07, 6.45) is 11.8. The van der Waals surface area contributed by atoms with Crippen LogP contribution in [-0.2, 0) is 28.7 Å². The van der Waals surface area contributed by atoms with Gasteiger partial charge in [-0.1, -0.05) is 122 Å². The Balaban J connectivity index is -0.000000549. The fourth-order valence-corrected chi connectivity index (χ4v) is 3.12. The van der Waals surface area contributed by atoms with E-state index >= 15 is 0 Å². The van der Waals surface area contributed by atoms with Crippen molar-refractivity contribution in [3.05, 3.63) is 91.1 Å². The molecule has 0 bridgehead atoms. The van der Waals surface area contributed by atoms with Crippen molar-refractivity contribution in [1.29, 1.82) is 0 Å². The van der Waals surface area contributed by atoms with E-state index in [-0.39, 0.29) is 31.2 Å². The number of aliphatic hydroxyl groups excluding tert-OH is 1. The van der Waals surface area contributed by atoms with Crippen molar-refractivity contribution in [3.8, 4) is 0 Å². The molecule has 0 saturated heterocycles.